The van der Waals surface area contributed by atoms with Crippen LogP contribution in [0.4, 0.5) is 0 Å². The minimum absolute atomic E-state index is 0.00753. The number of methoxy groups -OCH3 is 1. The van der Waals surface area contributed by atoms with Crippen molar-refractivity contribution >= 4 is 27.9 Å². The molecule has 0 spiro atoms. The number of nitriles is 1. The third kappa shape index (κ3) is 5.03. The second-order valence-electron chi connectivity index (χ2n) is 3.98. The lowest BCUT2D eigenvalue weighted by Gasteiger charge is -2.04. The van der Waals surface area contributed by atoms with E-state index in [9.17, 15) is 9.90 Å². The zero-order valence-corrected chi connectivity index (χ0v) is 12.6. The number of phenols is 1. The summed E-state index contributed by atoms with van der Waals surface area (Å²) in [7, 11) is 1.58. The molecule has 1 aromatic rings. The Balaban J connectivity index is 2.79. The molecule has 0 aliphatic rings. The molecule has 0 unspecified atom stereocenters. The Hall–Kier alpha value is -1.84. The molecule has 0 saturated carbocycles. The number of hydrogen-bond acceptors (Lipinski definition) is 4. The number of rotatable bonds is 6. The van der Waals surface area contributed by atoms with E-state index in [1.54, 1.807) is 19.2 Å². The number of benzene rings is 1. The Morgan fingerprint density at radius 3 is 3.00 bits per heavy atom. The largest absolute Gasteiger partial charge is 0.507 e. The van der Waals surface area contributed by atoms with Crippen LogP contribution in [0.15, 0.2) is 28.2 Å². The lowest BCUT2D eigenvalue weighted by atomic mass is 10.1. The highest BCUT2D eigenvalue weighted by molar-refractivity contribution is 9.10. The smallest absolute Gasteiger partial charge is 0.261 e. The highest BCUT2D eigenvalue weighted by Crippen LogP contribution is 2.24. The van der Waals surface area contributed by atoms with E-state index in [-0.39, 0.29) is 11.3 Å². The zero-order valence-electron chi connectivity index (χ0n) is 11.0. The second kappa shape index (κ2) is 8.35. The highest BCUT2D eigenvalue weighted by atomic mass is 79.9. The van der Waals surface area contributed by atoms with E-state index < -0.39 is 5.91 Å². The van der Waals surface area contributed by atoms with Gasteiger partial charge in [-0.05, 0) is 30.7 Å². The van der Waals surface area contributed by atoms with E-state index >= 15 is 0 Å². The van der Waals surface area contributed by atoms with Crippen molar-refractivity contribution in [2.45, 2.75) is 6.42 Å². The maximum absolute atomic E-state index is 11.8. The molecule has 1 aromatic carbocycles. The fraction of sp³-hybridized carbons (Fsp3) is 0.286. The highest BCUT2D eigenvalue weighted by Gasteiger charge is 2.10. The molecule has 1 rings (SSSR count). The fourth-order valence-corrected chi connectivity index (χ4v) is 1.84. The summed E-state index contributed by atoms with van der Waals surface area (Å²) in [5.74, 6) is -0.462. The average Bonchev–Trinajstić information content (AvgIpc) is 2.44. The Labute approximate surface area is 126 Å². The van der Waals surface area contributed by atoms with Gasteiger partial charge < -0.3 is 15.2 Å². The molecule has 20 heavy (non-hydrogen) atoms. The summed E-state index contributed by atoms with van der Waals surface area (Å²) in [4.78, 5) is 11.8. The van der Waals surface area contributed by atoms with Gasteiger partial charge in [-0.25, -0.2) is 0 Å². The van der Waals surface area contributed by atoms with Gasteiger partial charge >= 0.3 is 0 Å². The van der Waals surface area contributed by atoms with Gasteiger partial charge in [0.2, 0.25) is 0 Å². The molecule has 0 aliphatic carbocycles. The van der Waals surface area contributed by atoms with E-state index in [2.05, 4.69) is 21.2 Å². The van der Waals surface area contributed by atoms with Crippen LogP contribution >= 0.6 is 15.9 Å². The van der Waals surface area contributed by atoms with Crippen LogP contribution < -0.4 is 5.32 Å². The molecular formula is C14H15BrN2O3. The Morgan fingerprint density at radius 1 is 1.60 bits per heavy atom. The fourth-order valence-electron chi connectivity index (χ4n) is 1.46. The minimum Gasteiger partial charge on any atom is -0.507 e. The molecule has 0 radical (unpaired) electrons. The summed E-state index contributed by atoms with van der Waals surface area (Å²) < 4.78 is 5.62. The number of aromatic hydroxyl groups is 1. The van der Waals surface area contributed by atoms with Crippen molar-refractivity contribution in [1.29, 1.82) is 5.26 Å². The van der Waals surface area contributed by atoms with Crippen molar-refractivity contribution in [3.05, 3.63) is 33.8 Å². The van der Waals surface area contributed by atoms with E-state index in [0.29, 0.717) is 25.1 Å². The molecule has 106 valence electrons. The number of halogens is 1. The summed E-state index contributed by atoms with van der Waals surface area (Å²) in [6.45, 7) is 0.967. The van der Waals surface area contributed by atoms with E-state index in [4.69, 9.17) is 10.00 Å². The molecule has 0 atom stereocenters. The first-order valence-electron chi connectivity index (χ1n) is 5.96. The summed E-state index contributed by atoms with van der Waals surface area (Å²) in [6.07, 6.45) is 2.02. The van der Waals surface area contributed by atoms with E-state index in [1.165, 1.54) is 12.1 Å². The van der Waals surface area contributed by atoms with Crippen LogP contribution in [0, 0.1) is 11.3 Å². The maximum atomic E-state index is 11.8. The van der Waals surface area contributed by atoms with Crippen molar-refractivity contribution < 1.29 is 14.6 Å². The van der Waals surface area contributed by atoms with Gasteiger partial charge in [-0.3, -0.25) is 4.79 Å². The second-order valence-corrected chi connectivity index (χ2v) is 4.89. The summed E-state index contributed by atoms with van der Waals surface area (Å²) in [6, 6.07) is 6.62. The third-order valence-corrected chi connectivity index (χ3v) is 2.96. The van der Waals surface area contributed by atoms with Crippen molar-refractivity contribution in [3.63, 3.8) is 0 Å². The molecule has 0 saturated heterocycles. The molecule has 0 aliphatic heterocycles. The molecule has 2 N–H and O–H groups in total. The first-order chi connectivity index (χ1) is 9.58. The third-order valence-electron chi connectivity index (χ3n) is 2.47. The standard InChI is InChI=1S/C14H15BrN2O3/c1-20-6-2-5-17-14(19)11(9-16)7-10-8-12(15)3-4-13(10)18/h3-4,7-8,18H,2,5-6H2,1H3,(H,17,19)/b11-7+. The van der Waals surface area contributed by atoms with Gasteiger partial charge in [0.1, 0.15) is 17.4 Å². The van der Waals surface area contributed by atoms with Crippen LogP contribution in [0.25, 0.3) is 6.08 Å². The average molecular weight is 339 g/mol. The minimum atomic E-state index is -0.469. The monoisotopic (exact) mass is 338 g/mol. The van der Waals surface area contributed by atoms with Crippen LogP contribution in [0.3, 0.4) is 0 Å². The predicted molar refractivity (Wildman–Crippen MR) is 78.9 cm³/mol. The number of carbonyl (C=O) groups excluding carboxylic acids is 1. The van der Waals surface area contributed by atoms with Crippen LogP contribution in [-0.4, -0.2) is 31.3 Å². The van der Waals surface area contributed by atoms with E-state index in [1.807, 2.05) is 6.07 Å². The lowest BCUT2D eigenvalue weighted by Crippen LogP contribution is -2.26. The molecule has 0 bridgehead atoms. The quantitative estimate of drug-likeness (QED) is 0.473. The summed E-state index contributed by atoms with van der Waals surface area (Å²) >= 11 is 3.27. The SMILES string of the molecule is COCCCNC(=O)/C(C#N)=C/c1cc(Br)ccc1O. The van der Waals surface area contributed by atoms with Gasteiger partial charge in [-0.1, -0.05) is 15.9 Å². The molecule has 0 heterocycles. The van der Waals surface area contributed by atoms with Crippen molar-refractivity contribution in [3.8, 4) is 11.8 Å². The van der Waals surface area contributed by atoms with Gasteiger partial charge in [-0.15, -0.1) is 0 Å². The first-order valence-corrected chi connectivity index (χ1v) is 6.75. The van der Waals surface area contributed by atoms with Crippen molar-refractivity contribution in [1.82, 2.24) is 5.32 Å². The Morgan fingerprint density at radius 2 is 2.35 bits per heavy atom. The van der Waals surface area contributed by atoms with E-state index in [0.717, 1.165) is 4.47 Å². The van der Waals surface area contributed by atoms with Crippen LogP contribution in [-0.2, 0) is 9.53 Å². The Kier molecular flexibility index (Phi) is 6.77. The number of carbonyl (C=O) groups is 1. The first kappa shape index (κ1) is 16.2. The lowest BCUT2D eigenvalue weighted by molar-refractivity contribution is -0.117. The number of amides is 1. The number of phenolic OH excluding ortho intramolecular Hbond substituents is 1. The van der Waals surface area contributed by atoms with Gasteiger partial charge in [0.15, 0.2) is 0 Å². The van der Waals surface area contributed by atoms with Gasteiger partial charge in [-0.2, -0.15) is 5.26 Å². The number of hydrogen-bond donors (Lipinski definition) is 2. The topological polar surface area (TPSA) is 82.3 Å². The molecule has 6 heteroatoms. The van der Waals surface area contributed by atoms with Gasteiger partial charge in [0, 0.05) is 30.3 Å². The van der Waals surface area contributed by atoms with Gasteiger partial charge in [0.05, 0.1) is 0 Å². The van der Waals surface area contributed by atoms with Crippen LogP contribution in [0.2, 0.25) is 0 Å². The summed E-state index contributed by atoms with van der Waals surface area (Å²) in [5.41, 5.74) is 0.346. The normalized spacial score (nSPS) is 10.9. The van der Waals surface area contributed by atoms with Crippen LogP contribution in [0.5, 0.6) is 5.75 Å². The molecule has 0 fully saturated rings. The van der Waals surface area contributed by atoms with Crippen LogP contribution in [0.1, 0.15) is 12.0 Å². The Bertz CT molecular complexity index is 550. The summed E-state index contributed by atoms with van der Waals surface area (Å²) in [5, 5.41) is 21.3. The number of nitrogens with zero attached hydrogens (tertiary/aromatic N) is 1. The molecule has 5 nitrogen and oxygen atoms in total. The van der Waals surface area contributed by atoms with Gasteiger partial charge in [0.25, 0.3) is 5.91 Å². The zero-order chi connectivity index (χ0) is 15.0. The molecule has 0 aromatic heterocycles. The number of ether oxygens (including phenoxy) is 1. The van der Waals surface area contributed by atoms with Crippen molar-refractivity contribution in [2.24, 2.45) is 0 Å². The van der Waals surface area contributed by atoms with Crippen molar-refractivity contribution in [2.75, 3.05) is 20.3 Å². The number of nitrogens with one attached hydrogen (secondary N) is 1. The molecular weight excluding hydrogens is 324 g/mol. The predicted octanol–water partition coefficient (Wildman–Crippen LogP) is 2.21. The molecule has 1 amide bonds. The maximum Gasteiger partial charge on any atom is 0.261 e.